The molecule has 3 rings (SSSR count). The third-order valence-electron chi connectivity index (χ3n) is 3.62. The van der Waals surface area contributed by atoms with Gasteiger partial charge >= 0.3 is 0 Å². The molecule has 0 radical (unpaired) electrons. The Kier molecular flexibility index (Phi) is 4.77. The smallest absolute Gasteiger partial charge is 0.132 e. The van der Waals surface area contributed by atoms with Crippen molar-refractivity contribution < 1.29 is 4.39 Å². The average molecular weight is 384 g/mol. The van der Waals surface area contributed by atoms with Crippen LogP contribution < -0.4 is 5.32 Å². The molecule has 0 fully saturated rings. The van der Waals surface area contributed by atoms with Crippen LogP contribution in [0.2, 0.25) is 0 Å². The molecule has 1 atom stereocenters. The van der Waals surface area contributed by atoms with Gasteiger partial charge in [0.05, 0.1) is 12.3 Å². The highest BCUT2D eigenvalue weighted by atomic mass is 79.9. The second-order valence-electron chi connectivity index (χ2n) is 5.38. The number of fused-ring (bicyclic) bond motifs is 1. The van der Waals surface area contributed by atoms with E-state index in [1.165, 1.54) is 6.07 Å². The monoisotopic (exact) mass is 383 g/mol. The first-order chi connectivity index (χ1) is 11.6. The lowest BCUT2D eigenvalue weighted by atomic mass is 10.0. The lowest BCUT2D eigenvalue weighted by Gasteiger charge is -2.12. The van der Waals surface area contributed by atoms with E-state index in [4.69, 9.17) is 6.42 Å². The Labute approximate surface area is 148 Å². The number of hydrogen-bond acceptors (Lipinski definition) is 2. The lowest BCUT2D eigenvalue weighted by Crippen LogP contribution is -2.17. The van der Waals surface area contributed by atoms with E-state index in [1.807, 2.05) is 25.1 Å². The summed E-state index contributed by atoms with van der Waals surface area (Å²) in [7, 11) is 0. The van der Waals surface area contributed by atoms with Gasteiger partial charge in [-0.2, -0.15) is 0 Å². The number of halogens is 2. The van der Waals surface area contributed by atoms with Crippen molar-refractivity contribution in [1.29, 1.82) is 0 Å². The normalized spacial score (nSPS) is 16.4. The van der Waals surface area contributed by atoms with Gasteiger partial charge in [0.2, 0.25) is 0 Å². The molecule has 3 nitrogen and oxygen atoms in total. The maximum absolute atomic E-state index is 14.3. The van der Waals surface area contributed by atoms with Crippen LogP contribution in [-0.4, -0.2) is 24.1 Å². The number of benzene rings is 2. The van der Waals surface area contributed by atoms with E-state index in [0.29, 0.717) is 23.7 Å². The molecule has 1 heterocycles. The minimum atomic E-state index is -0.306. The molecule has 0 aromatic heterocycles. The Bertz CT molecular complexity index is 880. The summed E-state index contributed by atoms with van der Waals surface area (Å²) in [5, 5.41) is 3.27. The Hall–Kier alpha value is -2.45. The van der Waals surface area contributed by atoms with Crippen molar-refractivity contribution in [2.75, 3.05) is 11.9 Å². The molecule has 2 aromatic rings. The van der Waals surface area contributed by atoms with Crippen LogP contribution in [0.25, 0.3) is 0 Å². The number of amidine groups is 1. The minimum absolute atomic E-state index is 0.253. The third kappa shape index (κ3) is 3.39. The van der Waals surface area contributed by atoms with Gasteiger partial charge in [0.25, 0.3) is 0 Å². The average Bonchev–Trinajstić information content (AvgIpc) is 2.74. The van der Waals surface area contributed by atoms with E-state index in [0.717, 1.165) is 15.7 Å². The van der Waals surface area contributed by atoms with Crippen LogP contribution >= 0.6 is 15.9 Å². The first-order valence-electron chi connectivity index (χ1n) is 7.47. The molecule has 5 heteroatoms. The number of benzodiazepines with no additional fused rings is 1. The topological polar surface area (TPSA) is 36.8 Å². The van der Waals surface area contributed by atoms with Crippen LogP contribution in [0.5, 0.6) is 0 Å². The second kappa shape index (κ2) is 6.98. The van der Waals surface area contributed by atoms with Gasteiger partial charge in [0.1, 0.15) is 17.7 Å². The molecular formula is C19H15BrFN3. The standard InChI is InChI=1S/C19H15BrFN3/c1-3-12(2)23-18-11-22-19(14-6-4-5-7-16(14)21)15-10-13(20)8-9-17(15)24-18/h1,4-10,12H,11H2,2H3,(H,23,24). The van der Waals surface area contributed by atoms with Crippen molar-refractivity contribution in [2.45, 2.75) is 13.0 Å². The van der Waals surface area contributed by atoms with Crippen molar-refractivity contribution >= 4 is 33.2 Å². The Balaban J connectivity index is 2.16. The quantitative estimate of drug-likeness (QED) is 0.772. The Morgan fingerprint density at radius 1 is 1.29 bits per heavy atom. The van der Waals surface area contributed by atoms with Gasteiger partial charge in [-0.15, -0.1) is 6.42 Å². The third-order valence-corrected chi connectivity index (χ3v) is 4.12. The highest BCUT2D eigenvalue weighted by molar-refractivity contribution is 9.10. The molecule has 1 unspecified atom stereocenters. The van der Waals surface area contributed by atoms with Gasteiger partial charge in [0, 0.05) is 21.3 Å². The van der Waals surface area contributed by atoms with E-state index >= 15 is 0 Å². The van der Waals surface area contributed by atoms with Gasteiger partial charge in [-0.3, -0.25) is 9.98 Å². The van der Waals surface area contributed by atoms with Gasteiger partial charge in [0.15, 0.2) is 0 Å². The summed E-state index contributed by atoms with van der Waals surface area (Å²) >= 11 is 3.47. The van der Waals surface area contributed by atoms with E-state index in [1.54, 1.807) is 18.2 Å². The van der Waals surface area contributed by atoms with Crippen LogP contribution in [0.15, 0.2) is 56.9 Å². The summed E-state index contributed by atoms with van der Waals surface area (Å²) in [6.07, 6.45) is 5.40. The molecule has 0 saturated carbocycles. The van der Waals surface area contributed by atoms with Crippen LogP contribution in [-0.2, 0) is 0 Å². The fourth-order valence-corrected chi connectivity index (χ4v) is 2.84. The van der Waals surface area contributed by atoms with Gasteiger partial charge < -0.3 is 5.32 Å². The first kappa shape index (κ1) is 16.4. The summed E-state index contributed by atoms with van der Waals surface area (Å²) in [5.41, 5.74) is 2.69. The van der Waals surface area contributed by atoms with E-state index in [9.17, 15) is 4.39 Å². The highest BCUT2D eigenvalue weighted by Gasteiger charge is 2.19. The van der Waals surface area contributed by atoms with E-state index < -0.39 is 0 Å². The molecule has 0 amide bonds. The Morgan fingerprint density at radius 2 is 2.08 bits per heavy atom. The van der Waals surface area contributed by atoms with Crippen molar-refractivity contribution in [3.8, 4) is 12.3 Å². The zero-order valence-corrected chi connectivity index (χ0v) is 14.6. The van der Waals surface area contributed by atoms with E-state index in [-0.39, 0.29) is 11.9 Å². The first-order valence-corrected chi connectivity index (χ1v) is 8.27. The number of nitrogens with zero attached hydrogens (tertiary/aromatic N) is 2. The largest absolute Gasteiger partial charge is 0.342 e. The summed E-state index contributed by atoms with van der Waals surface area (Å²) in [6.45, 7) is 2.14. The zero-order chi connectivity index (χ0) is 17.1. The van der Waals surface area contributed by atoms with Crippen LogP contribution in [0, 0.1) is 18.2 Å². The number of aliphatic imine (C=N–C) groups is 2. The number of rotatable bonds is 2. The minimum Gasteiger partial charge on any atom is -0.342 e. The predicted molar refractivity (Wildman–Crippen MR) is 100 cm³/mol. The maximum atomic E-state index is 14.3. The number of nitrogens with one attached hydrogen (secondary N) is 1. The van der Waals surface area contributed by atoms with Gasteiger partial charge in [-0.1, -0.05) is 34.0 Å². The van der Waals surface area contributed by atoms with Crippen molar-refractivity contribution in [2.24, 2.45) is 9.98 Å². The van der Waals surface area contributed by atoms with Crippen molar-refractivity contribution in [1.82, 2.24) is 0 Å². The maximum Gasteiger partial charge on any atom is 0.132 e. The number of hydrogen-bond donors (Lipinski definition) is 1. The SMILES string of the molecule is C#CC(C)N=C1CN=C(c2ccccc2F)c2cc(Br)ccc2N1. The lowest BCUT2D eigenvalue weighted by molar-refractivity contribution is 0.625. The van der Waals surface area contributed by atoms with Crippen LogP contribution in [0.4, 0.5) is 10.1 Å². The van der Waals surface area contributed by atoms with Gasteiger partial charge in [-0.25, -0.2) is 4.39 Å². The second-order valence-corrected chi connectivity index (χ2v) is 6.29. The molecule has 1 aliphatic rings. The van der Waals surface area contributed by atoms with Crippen molar-refractivity contribution in [3.63, 3.8) is 0 Å². The molecular weight excluding hydrogens is 369 g/mol. The molecule has 2 aromatic carbocycles. The van der Waals surface area contributed by atoms with Crippen molar-refractivity contribution in [3.05, 3.63) is 63.9 Å². The fourth-order valence-electron chi connectivity index (χ4n) is 2.48. The molecule has 1 aliphatic heterocycles. The zero-order valence-electron chi connectivity index (χ0n) is 13.1. The predicted octanol–water partition coefficient (Wildman–Crippen LogP) is 4.27. The Morgan fingerprint density at radius 3 is 2.83 bits per heavy atom. The molecule has 0 bridgehead atoms. The number of terminal acetylenes is 1. The fraction of sp³-hybridized carbons (Fsp3) is 0.158. The highest BCUT2D eigenvalue weighted by Crippen LogP contribution is 2.27. The summed E-state index contributed by atoms with van der Waals surface area (Å²) in [6, 6.07) is 12.1. The summed E-state index contributed by atoms with van der Waals surface area (Å²) < 4.78 is 15.2. The number of anilines is 1. The summed E-state index contributed by atoms with van der Waals surface area (Å²) in [4.78, 5) is 9.04. The molecule has 0 saturated heterocycles. The summed E-state index contributed by atoms with van der Waals surface area (Å²) in [5.74, 6) is 2.93. The van der Waals surface area contributed by atoms with Gasteiger partial charge in [-0.05, 0) is 37.3 Å². The van der Waals surface area contributed by atoms with Crippen LogP contribution in [0.1, 0.15) is 18.1 Å². The molecule has 0 aliphatic carbocycles. The van der Waals surface area contributed by atoms with E-state index in [2.05, 4.69) is 37.2 Å². The molecule has 120 valence electrons. The van der Waals surface area contributed by atoms with Crippen LogP contribution in [0.3, 0.4) is 0 Å². The molecule has 1 N–H and O–H groups in total. The molecule has 24 heavy (non-hydrogen) atoms. The molecule has 0 spiro atoms.